The summed E-state index contributed by atoms with van der Waals surface area (Å²) in [7, 11) is -3.27. The molecule has 2 aromatic rings. The molecule has 2 N–H and O–H groups in total. The van der Waals surface area contributed by atoms with Crippen LogP contribution in [0.5, 0.6) is 5.75 Å². The van der Waals surface area contributed by atoms with Gasteiger partial charge in [0.05, 0.1) is 12.4 Å². The summed E-state index contributed by atoms with van der Waals surface area (Å²) in [5.74, 6) is -2.67. The molecular weight excluding hydrogens is 436 g/mol. The number of aliphatic carboxylic acids is 2. The van der Waals surface area contributed by atoms with Crippen molar-refractivity contribution in [2.24, 2.45) is 0 Å². The Labute approximate surface area is 187 Å². The van der Waals surface area contributed by atoms with E-state index in [1.54, 1.807) is 4.31 Å². The normalized spacial score (nSPS) is 14.8. The van der Waals surface area contributed by atoms with E-state index in [0.29, 0.717) is 19.7 Å². The first-order valence-corrected chi connectivity index (χ1v) is 11.7. The predicted molar refractivity (Wildman–Crippen MR) is 119 cm³/mol. The predicted octanol–water partition coefficient (Wildman–Crippen LogP) is 1.89. The Balaban J connectivity index is 0.000000534. The van der Waals surface area contributed by atoms with E-state index >= 15 is 0 Å². The van der Waals surface area contributed by atoms with Crippen LogP contribution in [0.2, 0.25) is 0 Å². The number of ether oxygens (including phenoxy) is 1. The number of carbonyl (C=O) groups is 2. The van der Waals surface area contributed by atoms with Crippen molar-refractivity contribution in [3.63, 3.8) is 0 Å². The lowest BCUT2D eigenvalue weighted by Gasteiger charge is -2.34. The van der Waals surface area contributed by atoms with Gasteiger partial charge in [-0.1, -0.05) is 48.5 Å². The zero-order chi connectivity index (χ0) is 23.6. The number of benzene rings is 2. The number of piperazine rings is 1. The summed E-state index contributed by atoms with van der Waals surface area (Å²) < 4.78 is 32.6. The lowest BCUT2D eigenvalue weighted by atomic mass is 10.2. The molecule has 0 atom stereocenters. The van der Waals surface area contributed by atoms with Gasteiger partial charge in [0.25, 0.3) is 0 Å². The molecule has 1 saturated heterocycles. The molecule has 1 fully saturated rings. The molecule has 0 spiro atoms. The summed E-state index contributed by atoms with van der Waals surface area (Å²) in [5.41, 5.74) is 1.98. The summed E-state index contributed by atoms with van der Waals surface area (Å²) in [6, 6.07) is 17.4. The molecule has 0 aromatic heterocycles. The summed E-state index contributed by atoms with van der Waals surface area (Å²) in [6.45, 7) is 5.93. The quantitative estimate of drug-likeness (QED) is 0.595. The van der Waals surface area contributed by atoms with Crippen LogP contribution in [0, 0.1) is 0 Å². The number of nitrogens with zero attached hydrogens (tertiary/aromatic N) is 2. The van der Waals surface area contributed by atoms with Gasteiger partial charge in [0.2, 0.25) is 10.0 Å². The highest BCUT2D eigenvalue weighted by atomic mass is 32.2. The highest BCUT2D eigenvalue weighted by Crippen LogP contribution is 2.21. The van der Waals surface area contributed by atoms with Gasteiger partial charge in [0.1, 0.15) is 5.75 Å². The zero-order valence-electron chi connectivity index (χ0n) is 17.9. The molecule has 1 heterocycles. The number of carboxylic acids is 2. The first-order chi connectivity index (χ1) is 15.2. The van der Waals surface area contributed by atoms with Crippen molar-refractivity contribution in [2.45, 2.75) is 19.2 Å². The topological polar surface area (TPSA) is 124 Å². The van der Waals surface area contributed by atoms with Crippen LogP contribution in [-0.2, 0) is 31.9 Å². The maximum Gasteiger partial charge on any atom is 0.414 e. The van der Waals surface area contributed by atoms with Crippen molar-refractivity contribution in [3.8, 4) is 5.75 Å². The Morgan fingerprint density at radius 3 is 2.03 bits per heavy atom. The zero-order valence-corrected chi connectivity index (χ0v) is 18.7. The summed E-state index contributed by atoms with van der Waals surface area (Å²) >= 11 is 0. The van der Waals surface area contributed by atoms with Gasteiger partial charge in [0, 0.05) is 38.3 Å². The van der Waals surface area contributed by atoms with Gasteiger partial charge in [-0.25, -0.2) is 18.0 Å². The molecule has 32 heavy (non-hydrogen) atoms. The standard InChI is InChI=1S/C20H26N2O3S.C2H2O4/c1-2-25-20-11-7-6-10-19(20)16-21-12-14-22(15-13-21)26(23,24)17-18-8-4-3-5-9-18;3-1(4)2(5)6/h3-11H,2,12-17H2,1H3;(H,3,4)(H,5,6). The Bertz CT molecular complexity index is 976. The first kappa shape index (κ1) is 25.3. The van der Waals surface area contributed by atoms with Crippen LogP contribution in [0.1, 0.15) is 18.1 Å². The first-order valence-electron chi connectivity index (χ1n) is 10.1. The second-order valence-electron chi connectivity index (χ2n) is 7.07. The van der Waals surface area contributed by atoms with Crippen LogP contribution in [0.25, 0.3) is 0 Å². The van der Waals surface area contributed by atoms with Gasteiger partial charge in [-0.05, 0) is 18.6 Å². The number of rotatable bonds is 7. The molecule has 10 heteroatoms. The van der Waals surface area contributed by atoms with Crippen molar-refractivity contribution in [2.75, 3.05) is 32.8 Å². The molecule has 3 rings (SSSR count). The molecule has 0 saturated carbocycles. The molecule has 0 unspecified atom stereocenters. The molecule has 0 aliphatic carbocycles. The SMILES string of the molecule is CCOc1ccccc1CN1CCN(S(=O)(=O)Cc2ccccc2)CC1.O=C(O)C(=O)O. The number of para-hydroxylation sites is 1. The fraction of sp³-hybridized carbons (Fsp3) is 0.364. The van der Waals surface area contributed by atoms with Crippen LogP contribution >= 0.6 is 0 Å². The van der Waals surface area contributed by atoms with Crippen LogP contribution in [0.4, 0.5) is 0 Å². The van der Waals surface area contributed by atoms with Gasteiger partial charge >= 0.3 is 11.9 Å². The lowest BCUT2D eigenvalue weighted by Crippen LogP contribution is -2.48. The summed E-state index contributed by atoms with van der Waals surface area (Å²) in [5, 5.41) is 14.8. The van der Waals surface area contributed by atoms with Crippen molar-refractivity contribution < 1.29 is 33.0 Å². The Morgan fingerprint density at radius 2 is 1.47 bits per heavy atom. The lowest BCUT2D eigenvalue weighted by molar-refractivity contribution is -0.159. The highest BCUT2D eigenvalue weighted by molar-refractivity contribution is 7.88. The molecule has 1 aliphatic rings. The molecule has 0 amide bonds. The number of hydrogen-bond acceptors (Lipinski definition) is 6. The van der Waals surface area contributed by atoms with Crippen molar-refractivity contribution in [1.29, 1.82) is 0 Å². The minimum absolute atomic E-state index is 0.0704. The molecule has 174 valence electrons. The number of hydrogen-bond donors (Lipinski definition) is 2. The van der Waals surface area contributed by atoms with Gasteiger partial charge < -0.3 is 14.9 Å². The van der Waals surface area contributed by atoms with E-state index in [9.17, 15) is 8.42 Å². The molecular formula is C22H28N2O7S. The average molecular weight is 465 g/mol. The third-order valence-electron chi connectivity index (χ3n) is 4.77. The Kier molecular flexibility index (Phi) is 9.63. The Morgan fingerprint density at radius 1 is 0.906 bits per heavy atom. The van der Waals surface area contributed by atoms with E-state index in [-0.39, 0.29) is 5.75 Å². The summed E-state index contributed by atoms with van der Waals surface area (Å²) in [4.78, 5) is 20.5. The smallest absolute Gasteiger partial charge is 0.414 e. The van der Waals surface area contributed by atoms with E-state index in [0.717, 1.165) is 36.5 Å². The molecule has 0 bridgehead atoms. The van der Waals surface area contributed by atoms with Gasteiger partial charge in [0.15, 0.2) is 0 Å². The molecule has 0 radical (unpaired) electrons. The largest absolute Gasteiger partial charge is 0.494 e. The molecule has 1 aliphatic heterocycles. The van der Waals surface area contributed by atoms with E-state index in [2.05, 4.69) is 11.0 Å². The maximum absolute atomic E-state index is 12.6. The Hall–Kier alpha value is -2.95. The van der Waals surface area contributed by atoms with Crippen LogP contribution in [0.15, 0.2) is 54.6 Å². The monoisotopic (exact) mass is 464 g/mol. The second-order valence-corrected chi connectivity index (χ2v) is 9.04. The van der Waals surface area contributed by atoms with Crippen LogP contribution in [-0.4, -0.2) is 72.6 Å². The van der Waals surface area contributed by atoms with E-state index < -0.39 is 22.0 Å². The average Bonchev–Trinajstić information content (AvgIpc) is 2.76. The van der Waals surface area contributed by atoms with Crippen molar-refractivity contribution in [3.05, 3.63) is 65.7 Å². The fourth-order valence-corrected chi connectivity index (χ4v) is 4.73. The minimum Gasteiger partial charge on any atom is -0.494 e. The molecule has 9 nitrogen and oxygen atoms in total. The van der Waals surface area contributed by atoms with E-state index in [1.165, 1.54) is 0 Å². The van der Waals surface area contributed by atoms with Gasteiger partial charge in [-0.2, -0.15) is 4.31 Å². The number of sulfonamides is 1. The number of carboxylic acid groups (broad SMARTS) is 2. The fourth-order valence-electron chi connectivity index (χ4n) is 3.21. The minimum atomic E-state index is -3.27. The van der Waals surface area contributed by atoms with Crippen molar-refractivity contribution >= 4 is 22.0 Å². The third kappa shape index (κ3) is 7.95. The molecule has 2 aromatic carbocycles. The van der Waals surface area contributed by atoms with Crippen LogP contribution in [0.3, 0.4) is 0 Å². The van der Waals surface area contributed by atoms with Gasteiger partial charge in [-0.15, -0.1) is 0 Å². The summed E-state index contributed by atoms with van der Waals surface area (Å²) in [6.07, 6.45) is 0. The van der Waals surface area contributed by atoms with E-state index in [1.807, 2.05) is 55.5 Å². The highest BCUT2D eigenvalue weighted by Gasteiger charge is 2.27. The van der Waals surface area contributed by atoms with Crippen molar-refractivity contribution in [1.82, 2.24) is 9.21 Å². The maximum atomic E-state index is 12.6. The third-order valence-corrected chi connectivity index (χ3v) is 6.62. The van der Waals surface area contributed by atoms with Crippen LogP contribution < -0.4 is 4.74 Å². The second kappa shape index (κ2) is 12.2. The van der Waals surface area contributed by atoms with E-state index in [4.69, 9.17) is 24.5 Å². The van der Waals surface area contributed by atoms with Gasteiger partial charge in [-0.3, -0.25) is 4.90 Å².